The van der Waals surface area contributed by atoms with E-state index in [4.69, 9.17) is 20.3 Å². The summed E-state index contributed by atoms with van der Waals surface area (Å²) in [6.45, 7) is 2.91. The molecular weight excluding hydrogens is 196 g/mol. The van der Waals surface area contributed by atoms with Crippen molar-refractivity contribution in [1.82, 2.24) is 4.98 Å². The van der Waals surface area contributed by atoms with E-state index in [9.17, 15) is 0 Å². The maximum atomic E-state index is 8.58. The molecule has 3 N–H and O–H groups in total. The number of aliphatic hydroxyl groups is 1. The van der Waals surface area contributed by atoms with Crippen LogP contribution in [0, 0.1) is 0 Å². The molecule has 0 unspecified atom stereocenters. The van der Waals surface area contributed by atoms with Crippen molar-refractivity contribution in [2.24, 2.45) is 0 Å². The maximum absolute atomic E-state index is 8.58. The second kappa shape index (κ2) is 6.08. The van der Waals surface area contributed by atoms with Crippen LogP contribution in [0.4, 0.5) is 5.69 Å². The van der Waals surface area contributed by atoms with Gasteiger partial charge in [0.1, 0.15) is 0 Å². The lowest BCUT2D eigenvalue weighted by Gasteiger charge is -2.08. The molecule has 5 heteroatoms. The Morgan fingerprint density at radius 1 is 1.40 bits per heavy atom. The molecule has 5 nitrogen and oxygen atoms in total. The van der Waals surface area contributed by atoms with E-state index in [1.165, 1.54) is 0 Å². The van der Waals surface area contributed by atoms with Gasteiger partial charge in [-0.15, -0.1) is 0 Å². The van der Waals surface area contributed by atoms with Crippen molar-refractivity contribution in [1.29, 1.82) is 0 Å². The molecule has 0 spiro atoms. The van der Waals surface area contributed by atoms with Crippen LogP contribution in [-0.4, -0.2) is 29.9 Å². The molecule has 1 heterocycles. The third-order valence-electron chi connectivity index (χ3n) is 1.70. The number of rotatable bonds is 6. The van der Waals surface area contributed by atoms with Crippen LogP contribution in [-0.2, 0) is 0 Å². The number of ether oxygens (including phenoxy) is 2. The number of nitrogens with two attached hydrogens (primary N) is 1. The van der Waals surface area contributed by atoms with Crippen LogP contribution in [0.5, 0.6) is 11.8 Å². The highest BCUT2D eigenvalue weighted by atomic mass is 16.5. The minimum Gasteiger partial charge on any atom is -0.477 e. The third kappa shape index (κ3) is 3.63. The van der Waals surface area contributed by atoms with Crippen LogP contribution in [0.25, 0.3) is 0 Å². The van der Waals surface area contributed by atoms with E-state index in [-0.39, 0.29) is 6.61 Å². The van der Waals surface area contributed by atoms with Crippen molar-refractivity contribution in [2.75, 3.05) is 25.6 Å². The average molecular weight is 212 g/mol. The Hall–Kier alpha value is -1.49. The summed E-state index contributed by atoms with van der Waals surface area (Å²) in [5.41, 5.74) is 6.14. The van der Waals surface area contributed by atoms with Crippen LogP contribution >= 0.6 is 0 Å². The van der Waals surface area contributed by atoms with Crippen molar-refractivity contribution < 1.29 is 14.6 Å². The SMILES string of the molecule is CCOc1nc(OCCCO)ccc1N. The highest BCUT2D eigenvalue weighted by Gasteiger charge is 2.04. The smallest absolute Gasteiger partial charge is 0.240 e. The van der Waals surface area contributed by atoms with E-state index < -0.39 is 0 Å². The fraction of sp³-hybridized carbons (Fsp3) is 0.500. The van der Waals surface area contributed by atoms with Gasteiger partial charge in [0.05, 0.1) is 18.9 Å². The molecule has 0 bridgehead atoms. The summed E-state index contributed by atoms with van der Waals surface area (Å²) in [5, 5.41) is 8.58. The predicted molar refractivity (Wildman–Crippen MR) is 57.0 cm³/mol. The van der Waals surface area contributed by atoms with E-state index >= 15 is 0 Å². The van der Waals surface area contributed by atoms with E-state index in [0.29, 0.717) is 37.1 Å². The van der Waals surface area contributed by atoms with Gasteiger partial charge in [0.2, 0.25) is 11.8 Å². The van der Waals surface area contributed by atoms with E-state index in [1.807, 2.05) is 6.92 Å². The van der Waals surface area contributed by atoms with E-state index in [0.717, 1.165) is 0 Å². The van der Waals surface area contributed by atoms with Gasteiger partial charge in [0.25, 0.3) is 0 Å². The first-order valence-electron chi connectivity index (χ1n) is 4.91. The highest BCUT2D eigenvalue weighted by molar-refractivity contribution is 5.49. The lowest BCUT2D eigenvalue weighted by atomic mass is 10.4. The van der Waals surface area contributed by atoms with Crippen molar-refractivity contribution in [3.05, 3.63) is 12.1 Å². The Morgan fingerprint density at radius 2 is 2.20 bits per heavy atom. The lowest BCUT2D eigenvalue weighted by molar-refractivity contribution is 0.227. The van der Waals surface area contributed by atoms with Gasteiger partial charge in [-0.05, 0) is 13.0 Å². The molecule has 0 aliphatic rings. The largest absolute Gasteiger partial charge is 0.477 e. The van der Waals surface area contributed by atoms with Gasteiger partial charge >= 0.3 is 0 Å². The van der Waals surface area contributed by atoms with Gasteiger partial charge in [-0.3, -0.25) is 0 Å². The summed E-state index contributed by atoms with van der Waals surface area (Å²) in [4.78, 5) is 4.08. The third-order valence-corrected chi connectivity index (χ3v) is 1.70. The van der Waals surface area contributed by atoms with Crippen molar-refractivity contribution in [3.63, 3.8) is 0 Å². The van der Waals surface area contributed by atoms with Crippen molar-refractivity contribution in [3.8, 4) is 11.8 Å². The van der Waals surface area contributed by atoms with Crippen LogP contribution in [0.2, 0.25) is 0 Å². The lowest BCUT2D eigenvalue weighted by Crippen LogP contribution is -2.04. The summed E-state index contributed by atoms with van der Waals surface area (Å²) >= 11 is 0. The summed E-state index contributed by atoms with van der Waals surface area (Å²) in [7, 11) is 0. The van der Waals surface area contributed by atoms with Crippen molar-refractivity contribution in [2.45, 2.75) is 13.3 Å². The molecule has 0 fully saturated rings. The summed E-state index contributed by atoms with van der Waals surface area (Å²) < 4.78 is 10.5. The zero-order valence-corrected chi connectivity index (χ0v) is 8.77. The zero-order valence-electron chi connectivity index (χ0n) is 8.77. The van der Waals surface area contributed by atoms with Crippen LogP contribution in [0.3, 0.4) is 0 Å². The Morgan fingerprint density at radius 3 is 2.87 bits per heavy atom. The maximum Gasteiger partial charge on any atom is 0.240 e. The number of anilines is 1. The molecule has 1 rings (SSSR count). The Kier molecular flexibility index (Phi) is 4.70. The molecule has 1 aromatic heterocycles. The first-order valence-corrected chi connectivity index (χ1v) is 4.91. The van der Waals surface area contributed by atoms with Crippen LogP contribution in [0.15, 0.2) is 12.1 Å². The number of nitrogens with zero attached hydrogens (tertiary/aromatic N) is 1. The monoisotopic (exact) mass is 212 g/mol. The van der Waals surface area contributed by atoms with Gasteiger partial charge in [0, 0.05) is 19.1 Å². The second-order valence-corrected chi connectivity index (χ2v) is 2.90. The fourth-order valence-corrected chi connectivity index (χ4v) is 1.01. The quantitative estimate of drug-likeness (QED) is 0.683. The van der Waals surface area contributed by atoms with Crippen LogP contribution < -0.4 is 15.2 Å². The molecular formula is C10H16N2O3. The number of aromatic nitrogens is 1. The fourth-order valence-electron chi connectivity index (χ4n) is 1.01. The molecule has 0 atom stereocenters. The molecule has 1 aromatic rings. The summed E-state index contributed by atoms with van der Waals surface area (Å²) in [6.07, 6.45) is 0.579. The van der Waals surface area contributed by atoms with Gasteiger partial charge in [-0.1, -0.05) is 0 Å². The first-order chi connectivity index (χ1) is 7.27. The zero-order chi connectivity index (χ0) is 11.1. The molecule has 15 heavy (non-hydrogen) atoms. The Labute approximate surface area is 88.8 Å². The predicted octanol–water partition coefficient (Wildman–Crippen LogP) is 0.824. The summed E-state index contributed by atoms with van der Waals surface area (Å²) in [6, 6.07) is 3.36. The van der Waals surface area contributed by atoms with Crippen LogP contribution in [0.1, 0.15) is 13.3 Å². The normalized spacial score (nSPS) is 10.0. The molecule has 0 saturated heterocycles. The molecule has 0 amide bonds. The second-order valence-electron chi connectivity index (χ2n) is 2.90. The average Bonchev–Trinajstić information content (AvgIpc) is 2.23. The topological polar surface area (TPSA) is 77.6 Å². The van der Waals surface area contributed by atoms with E-state index in [2.05, 4.69) is 4.98 Å². The number of hydrogen-bond acceptors (Lipinski definition) is 5. The minimum absolute atomic E-state index is 0.104. The molecule has 0 aromatic carbocycles. The number of pyridine rings is 1. The standard InChI is InChI=1S/C10H16N2O3/c1-2-14-10-8(11)4-5-9(12-10)15-7-3-6-13/h4-5,13H,2-3,6-7,11H2,1H3. The van der Waals surface area contributed by atoms with Gasteiger partial charge < -0.3 is 20.3 Å². The minimum atomic E-state index is 0.104. The Bertz CT molecular complexity index is 305. The molecule has 0 saturated carbocycles. The number of nitrogen functional groups attached to an aromatic ring is 1. The molecule has 84 valence electrons. The molecule has 0 aliphatic carbocycles. The highest BCUT2D eigenvalue weighted by Crippen LogP contribution is 2.21. The summed E-state index contributed by atoms with van der Waals surface area (Å²) in [5.74, 6) is 0.847. The molecule has 0 aliphatic heterocycles. The number of aliphatic hydroxyl groups excluding tert-OH is 1. The first kappa shape index (κ1) is 11.6. The van der Waals surface area contributed by atoms with Gasteiger partial charge in [-0.25, -0.2) is 0 Å². The van der Waals surface area contributed by atoms with Crippen molar-refractivity contribution >= 4 is 5.69 Å². The van der Waals surface area contributed by atoms with Gasteiger partial charge in [-0.2, -0.15) is 4.98 Å². The Balaban J connectivity index is 2.61. The molecule has 0 radical (unpaired) electrons. The van der Waals surface area contributed by atoms with E-state index in [1.54, 1.807) is 12.1 Å². The van der Waals surface area contributed by atoms with Gasteiger partial charge in [0.15, 0.2) is 0 Å². The number of hydrogen-bond donors (Lipinski definition) is 2.